The Hall–Kier alpha value is -1.52. The Labute approximate surface area is 115 Å². The second-order valence-corrected chi connectivity index (χ2v) is 5.14. The molecular formula is C13H13ClN2OS. The second-order valence-electron chi connectivity index (χ2n) is 3.96. The summed E-state index contributed by atoms with van der Waals surface area (Å²) in [6.07, 6.45) is 0. The van der Waals surface area contributed by atoms with Crippen molar-refractivity contribution < 1.29 is 4.79 Å². The molecule has 94 valence electrons. The van der Waals surface area contributed by atoms with Gasteiger partial charge in [0, 0.05) is 5.69 Å². The molecule has 1 aromatic carbocycles. The molecule has 0 bridgehead atoms. The standard InChI is InChI=1S/C13H13ClN2OS/c1-8(9-5-6-18-7-9)16-13(17)12-10(14)3-2-4-11(12)15/h2-8H,15H2,1H3,(H,16,17). The molecule has 1 heterocycles. The smallest absolute Gasteiger partial charge is 0.255 e. The zero-order valence-corrected chi connectivity index (χ0v) is 11.4. The molecule has 1 unspecified atom stereocenters. The van der Waals surface area contributed by atoms with Crippen molar-refractivity contribution in [2.45, 2.75) is 13.0 Å². The van der Waals surface area contributed by atoms with Gasteiger partial charge in [-0.2, -0.15) is 11.3 Å². The zero-order chi connectivity index (χ0) is 13.1. The Morgan fingerprint density at radius 2 is 2.22 bits per heavy atom. The number of nitrogens with one attached hydrogen (secondary N) is 1. The Kier molecular flexibility index (Phi) is 3.89. The maximum Gasteiger partial charge on any atom is 0.255 e. The van der Waals surface area contributed by atoms with Crippen LogP contribution in [0.1, 0.15) is 28.9 Å². The Morgan fingerprint density at radius 1 is 1.44 bits per heavy atom. The summed E-state index contributed by atoms with van der Waals surface area (Å²) < 4.78 is 0. The number of carbonyl (C=O) groups excluding carboxylic acids is 1. The molecule has 1 atom stereocenters. The van der Waals surface area contributed by atoms with Gasteiger partial charge in [0.25, 0.3) is 5.91 Å². The van der Waals surface area contributed by atoms with E-state index < -0.39 is 0 Å². The van der Waals surface area contributed by atoms with Crippen molar-refractivity contribution >= 4 is 34.5 Å². The van der Waals surface area contributed by atoms with E-state index >= 15 is 0 Å². The molecule has 0 aliphatic rings. The molecular weight excluding hydrogens is 268 g/mol. The fourth-order valence-corrected chi connectivity index (χ4v) is 2.68. The summed E-state index contributed by atoms with van der Waals surface area (Å²) in [5, 5.41) is 7.22. The van der Waals surface area contributed by atoms with Gasteiger partial charge in [-0.1, -0.05) is 17.7 Å². The third kappa shape index (κ3) is 2.66. The molecule has 0 aliphatic carbocycles. The molecule has 5 heteroatoms. The number of nitrogen functional groups attached to an aromatic ring is 1. The maximum absolute atomic E-state index is 12.1. The summed E-state index contributed by atoms with van der Waals surface area (Å²) in [4.78, 5) is 12.1. The van der Waals surface area contributed by atoms with E-state index in [4.69, 9.17) is 17.3 Å². The van der Waals surface area contributed by atoms with Crippen LogP contribution in [0.2, 0.25) is 5.02 Å². The van der Waals surface area contributed by atoms with Crippen molar-refractivity contribution in [3.63, 3.8) is 0 Å². The average Bonchev–Trinajstić information content (AvgIpc) is 2.81. The molecule has 0 saturated carbocycles. The lowest BCUT2D eigenvalue weighted by molar-refractivity contribution is 0.0941. The number of anilines is 1. The molecule has 1 aromatic heterocycles. The van der Waals surface area contributed by atoms with Gasteiger partial charge >= 0.3 is 0 Å². The fraction of sp³-hybridized carbons (Fsp3) is 0.154. The average molecular weight is 281 g/mol. The summed E-state index contributed by atoms with van der Waals surface area (Å²) in [6, 6.07) is 6.94. The van der Waals surface area contributed by atoms with Crippen molar-refractivity contribution in [1.29, 1.82) is 0 Å². The topological polar surface area (TPSA) is 55.1 Å². The van der Waals surface area contributed by atoms with Gasteiger partial charge < -0.3 is 11.1 Å². The maximum atomic E-state index is 12.1. The number of rotatable bonds is 3. The van der Waals surface area contributed by atoms with E-state index in [0.29, 0.717) is 16.3 Å². The highest BCUT2D eigenvalue weighted by Crippen LogP contribution is 2.23. The van der Waals surface area contributed by atoms with Crippen LogP contribution in [0.4, 0.5) is 5.69 Å². The van der Waals surface area contributed by atoms with E-state index in [-0.39, 0.29) is 11.9 Å². The van der Waals surface area contributed by atoms with Crippen LogP contribution >= 0.6 is 22.9 Å². The summed E-state index contributed by atoms with van der Waals surface area (Å²) >= 11 is 7.59. The SMILES string of the molecule is CC(NC(=O)c1c(N)cccc1Cl)c1ccsc1. The van der Waals surface area contributed by atoms with Gasteiger partial charge in [0.1, 0.15) is 0 Å². The van der Waals surface area contributed by atoms with Crippen LogP contribution in [0.25, 0.3) is 0 Å². The van der Waals surface area contributed by atoms with Crippen LogP contribution in [-0.4, -0.2) is 5.91 Å². The summed E-state index contributed by atoms with van der Waals surface area (Å²) in [5.41, 5.74) is 7.56. The van der Waals surface area contributed by atoms with Crippen LogP contribution in [0.15, 0.2) is 35.0 Å². The summed E-state index contributed by atoms with van der Waals surface area (Å²) in [5.74, 6) is -0.253. The zero-order valence-electron chi connectivity index (χ0n) is 9.81. The number of benzene rings is 1. The number of hydrogen-bond donors (Lipinski definition) is 2. The first kappa shape index (κ1) is 12.9. The second kappa shape index (κ2) is 5.42. The van der Waals surface area contributed by atoms with Crippen molar-refractivity contribution in [2.75, 3.05) is 5.73 Å². The number of nitrogens with two attached hydrogens (primary N) is 1. The van der Waals surface area contributed by atoms with Crippen molar-refractivity contribution in [2.24, 2.45) is 0 Å². The number of carbonyl (C=O) groups is 1. The first-order chi connectivity index (χ1) is 8.59. The lowest BCUT2D eigenvalue weighted by Crippen LogP contribution is -2.27. The third-order valence-electron chi connectivity index (χ3n) is 2.66. The van der Waals surface area contributed by atoms with Gasteiger partial charge in [0.15, 0.2) is 0 Å². The number of hydrogen-bond acceptors (Lipinski definition) is 3. The fourth-order valence-electron chi connectivity index (χ4n) is 1.65. The lowest BCUT2D eigenvalue weighted by atomic mass is 10.1. The molecule has 0 radical (unpaired) electrons. The van der Waals surface area contributed by atoms with Gasteiger partial charge in [-0.15, -0.1) is 0 Å². The summed E-state index contributed by atoms with van der Waals surface area (Å²) in [6.45, 7) is 1.92. The normalized spacial score (nSPS) is 12.1. The molecule has 3 N–H and O–H groups in total. The predicted molar refractivity (Wildman–Crippen MR) is 76.1 cm³/mol. The van der Waals surface area contributed by atoms with Gasteiger partial charge in [0.05, 0.1) is 16.6 Å². The van der Waals surface area contributed by atoms with Gasteiger partial charge in [0.2, 0.25) is 0 Å². The van der Waals surface area contributed by atoms with E-state index in [2.05, 4.69) is 5.32 Å². The van der Waals surface area contributed by atoms with E-state index in [9.17, 15) is 4.79 Å². The highest BCUT2D eigenvalue weighted by Gasteiger charge is 2.16. The van der Waals surface area contributed by atoms with Crippen molar-refractivity contribution in [1.82, 2.24) is 5.32 Å². The number of thiophene rings is 1. The Balaban J connectivity index is 2.18. The molecule has 2 rings (SSSR count). The number of amides is 1. The Morgan fingerprint density at radius 3 is 2.83 bits per heavy atom. The molecule has 0 saturated heterocycles. The van der Waals surface area contributed by atoms with E-state index in [1.54, 1.807) is 29.5 Å². The van der Waals surface area contributed by atoms with Gasteiger partial charge in [-0.3, -0.25) is 4.79 Å². The van der Waals surface area contributed by atoms with Gasteiger partial charge in [-0.25, -0.2) is 0 Å². The highest BCUT2D eigenvalue weighted by molar-refractivity contribution is 7.07. The molecule has 2 aromatic rings. The van der Waals surface area contributed by atoms with Crippen LogP contribution in [0.5, 0.6) is 0 Å². The van der Waals surface area contributed by atoms with Crippen molar-refractivity contribution in [3.8, 4) is 0 Å². The van der Waals surface area contributed by atoms with Crippen molar-refractivity contribution in [3.05, 3.63) is 51.2 Å². The minimum atomic E-state index is -0.253. The largest absolute Gasteiger partial charge is 0.398 e. The first-order valence-electron chi connectivity index (χ1n) is 5.46. The van der Waals surface area contributed by atoms with Crippen LogP contribution < -0.4 is 11.1 Å². The molecule has 18 heavy (non-hydrogen) atoms. The summed E-state index contributed by atoms with van der Waals surface area (Å²) in [7, 11) is 0. The van der Waals surface area contributed by atoms with E-state index in [0.717, 1.165) is 5.56 Å². The quantitative estimate of drug-likeness (QED) is 0.846. The first-order valence-corrected chi connectivity index (χ1v) is 6.78. The van der Waals surface area contributed by atoms with Crippen LogP contribution in [0, 0.1) is 0 Å². The minimum Gasteiger partial charge on any atom is -0.398 e. The monoisotopic (exact) mass is 280 g/mol. The number of halogens is 1. The molecule has 1 amide bonds. The van der Waals surface area contributed by atoms with Crippen LogP contribution in [0.3, 0.4) is 0 Å². The van der Waals surface area contributed by atoms with Gasteiger partial charge in [-0.05, 0) is 41.4 Å². The molecule has 0 fully saturated rings. The lowest BCUT2D eigenvalue weighted by Gasteiger charge is -2.14. The van der Waals surface area contributed by atoms with Crippen LogP contribution in [-0.2, 0) is 0 Å². The molecule has 0 spiro atoms. The molecule has 0 aliphatic heterocycles. The Bertz CT molecular complexity index is 534. The third-order valence-corrected chi connectivity index (χ3v) is 3.68. The van der Waals surface area contributed by atoms with E-state index in [1.165, 1.54) is 0 Å². The van der Waals surface area contributed by atoms with E-state index in [1.807, 2.05) is 23.8 Å². The molecule has 3 nitrogen and oxygen atoms in total. The highest BCUT2D eigenvalue weighted by atomic mass is 35.5. The predicted octanol–water partition coefficient (Wildman–Crippen LogP) is 3.47. The minimum absolute atomic E-state index is 0.0700.